The maximum absolute atomic E-state index is 12.8. The summed E-state index contributed by atoms with van der Waals surface area (Å²) in [6.45, 7) is 0. The number of fused-ring (bicyclic) bond motifs is 1. The minimum absolute atomic E-state index is 0.205. The van der Waals surface area contributed by atoms with Crippen LogP contribution in [0.25, 0.3) is 16.6 Å². The number of aromatic nitrogens is 2. The van der Waals surface area contributed by atoms with Crippen LogP contribution in [-0.2, 0) is 9.59 Å². The van der Waals surface area contributed by atoms with Gasteiger partial charge in [-0.15, -0.1) is 0 Å². The van der Waals surface area contributed by atoms with Crippen LogP contribution in [-0.4, -0.2) is 38.5 Å². The number of aromatic amines is 1. The molecule has 2 aromatic heterocycles. The topological polar surface area (TPSA) is 133 Å². The van der Waals surface area contributed by atoms with Crippen molar-refractivity contribution in [2.75, 3.05) is 5.32 Å². The van der Waals surface area contributed by atoms with Crippen molar-refractivity contribution in [3.63, 3.8) is 0 Å². The van der Waals surface area contributed by atoms with Crippen molar-refractivity contribution in [1.82, 2.24) is 14.9 Å². The Morgan fingerprint density at radius 1 is 1.06 bits per heavy atom. The zero-order valence-corrected chi connectivity index (χ0v) is 18.4. The Morgan fingerprint density at radius 3 is 2.53 bits per heavy atom. The third kappa shape index (κ3) is 5.00. The lowest BCUT2D eigenvalue weighted by atomic mass is 10.1. The number of benzene rings is 2. The van der Waals surface area contributed by atoms with E-state index in [0.717, 1.165) is 5.39 Å². The van der Waals surface area contributed by atoms with Gasteiger partial charge in [0.1, 0.15) is 6.04 Å². The number of anilines is 1. The summed E-state index contributed by atoms with van der Waals surface area (Å²) in [5, 5.41) is 15.6. The quantitative estimate of drug-likeness (QED) is 0.324. The number of nitrogens with zero attached hydrogens (tertiary/aromatic N) is 1. The van der Waals surface area contributed by atoms with Gasteiger partial charge in [-0.25, -0.2) is 0 Å². The first-order valence-electron chi connectivity index (χ1n) is 10.2. The first kappa shape index (κ1) is 22.8. The molecule has 0 saturated heterocycles. The number of H-pyrrole nitrogens is 1. The second-order valence-electron chi connectivity index (χ2n) is 7.47. The van der Waals surface area contributed by atoms with Crippen LogP contribution in [0.15, 0.2) is 77.9 Å². The molecule has 0 spiro atoms. The summed E-state index contributed by atoms with van der Waals surface area (Å²) in [6, 6.07) is 14.7. The highest BCUT2D eigenvalue weighted by Gasteiger charge is 2.24. The number of carbonyl (C=O) groups excluding carboxylic acids is 2. The van der Waals surface area contributed by atoms with E-state index in [4.69, 9.17) is 11.6 Å². The van der Waals surface area contributed by atoms with Crippen molar-refractivity contribution in [2.45, 2.75) is 12.5 Å². The maximum Gasteiger partial charge on any atom is 0.305 e. The van der Waals surface area contributed by atoms with E-state index in [1.54, 1.807) is 60.9 Å². The van der Waals surface area contributed by atoms with E-state index in [0.29, 0.717) is 21.9 Å². The molecule has 0 fully saturated rings. The van der Waals surface area contributed by atoms with Crippen molar-refractivity contribution in [3.8, 4) is 5.69 Å². The summed E-state index contributed by atoms with van der Waals surface area (Å²) < 4.78 is 1.44. The molecule has 0 aliphatic rings. The summed E-state index contributed by atoms with van der Waals surface area (Å²) >= 11 is 6.05. The molecule has 0 radical (unpaired) electrons. The molecule has 0 bridgehead atoms. The SMILES string of the molecule is O=C(O)CC(NC(=O)c1ccc2c(Cl)c[nH]c2c1)C(=O)Nc1ccc(-n2ccccc2=O)cc1. The second kappa shape index (κ2) is 9.63. The molecule has 10 heteroatoms. The molecule has 4 N–H and O–H groups in total. The predicted molar refractivity (Wildman–Crippen MR) is 127 cm³/mol. The van der Waals surface area contributed by atoms with Crippen molar-refractivity contribution in [3.05, 3.63) is 94.0 Å². The molecule has 0 aliphatic carbocycles. The summed E-state index contributed by atoms with van der Waals surface area (Å²) in [7, 11) is 0. The summed E-state index contributed by atoms with van der Waals surface area (Å²) in [6.07, 6.45) is 2.60. The Kier molecular flexibility index (Phi) is 6.46. The lowest BCUT2D eigenvalue weighted by molar-refractivity contribution is -0.139. The molecule has 0 aliphatic heterocycles. The molecule has 172 valence electrons. The lowest BCUT2D eigenvalue weighted by Gasteiger charge is -2.17. The Bertz CT molecular complexity index is 1440. The fraction of sp³-hybridized carbons (Fsp3) is 0.0833. The smallest absolute Gasteiger partial charge is 0.305 e. The number of hydrogen-bond acceptors (Lipinski definition) is 4. The molecule has 4 rings (SSSR count). The van der Waals surface area contributed by atoms with Gasteiger partial charge in [-0.1, -0.05) is 23.7 Å². The molecule has 1 unspecified atom stereocenters. The highest BCUT2D eigenvalue weighted by Crippen LogP contribution is 2.23. The highest BCUT2D eigenvalue weighted by molar-refractivity contribution is 6.35. The van der Waals surface area contributed by atoms with Crippen LogP contribution in [0.2, 0.25) is 5.02 Å². The zero-order chi connectivity index (χ0) is 24.2. The Labute approximate surface area is 198 Å². The maximum atomic E-state index is 12.8. The van der Waals surface area contributed by atoms with Crippen LogP contribution >= 0.6 is 11.6 Å². The molecule has 34 heavy (non-hydrogen) atoms. The molecular weight excluding hydrogens is 460 g/mol. The fourth-order valence-electron chi connectivity index (χ4n) is 3.43. The highest BCUT2D eigenvalue weighted by atomic mass is 35.5. The number of carbonyl (C=O) groups is 3. The predicted octanol–water partition coefficient (Wildman–Crippen LogP) is 3.18. The van der Waals surface area contributed by atoms with Crippen LogP contribution in [0.4, 0.5) is 5.69 Å². The molecule has 0 saturated carbocycles. The Hall–Kier alpha value is -4.37. The first-order chi connectivity index (χ1) is 16.3. The molecule has 2 heterocycles. The summed E-state index contributed by atoms with van der Waals surface area (Å²) in [4.78, 5) is 51.7. The molecule has 2 amide bonds. The van der Waals surface area contributed by atoms with Gasteiger partial charge in [-0.3, -0.25) is 23.7 Å². The Balaban J connectivity index is 1.48. The average molecular weight is 479 g/mol. The molecule has 2 aromatic carbocycles. The number of carboxylic acid groups (broad SMARTS) is 1. The van der Waals surface area contributed by atoms with Crippen molar-refractivity contribution >= 4 is 46.0 Å². The van der Waals surface area contributed by atoms with E-state index in [9.17, 15) is 24.3 Å². The molecule has 4 aromatic rings. The van der Waals surface area contributed by atoms with Gasteiger partial charge in [0.05, 0.1) is 11.4 Å². The second-order valence-corrected chi connectivity index (χ2v) is 7.87. The largest absolute Gasteiger partial charge is 0.481 e. The van der Waals surface area contributed by atoms with Crippen LogP contribution in [0, 0.1) is 0 Å². The zero-order valence-electron chi connectivity index (χ0n) is 17.6. The molecule has 1 atom stereocenters. The van der Waals surface area contributed by atoms with Crippen molar-refractivity contribution < 1.29 is 19.5 Å². The number of carboxylic acids is 1. The number of nitrogens with one attached hydrogen (secondary N) is 3. The van der Waals surface area contributed by atoms with Gasteiger partial charge < -0.3 is 20.7 Å². The standard InChI is InChI=1S/C24H19ClN4O5/c25-18-13-26-19-11-14(4-9-17(18)19)23(33)28-20(12-22(31)32)24(34)27-15-5-7-16(8-6-15)29-10-2-1-3-21(29)30/h1-11,13,20,26H,12H2,(H,27,34)(H,28,33)(H,31,32). The minimum atomic E-state index is -1.32. The van der Waals surface area contributed by atoms with E-state index in [1.807, 2.05) is 0 Å². The number of halogens is 1. The fourth-order valence-corrected chi connectivity index (χ4v) is 3.65. The van der Waals surface area contributed by atoms with E-state index < -0.39 is 30.2 Å². The van der Waals surface area contributed by atoms with Gasteiger partial charge in [0.25, 0.3) is 11.5 Å². The lowest BCUT2D eigenvalue weighted by Crippen LogP contribution is -2.45. The molecular formula is C24H19ClN4O5. The van der Waals surface area contributed by atoms with Gasteiger partial charge in [0.2, 0.25) is 5.91 Å². The van der Waals surface area contributed by atoms with E-state index in [1.165, 1.54) is 16.7 Å². The van der Waals surface area contributed by atoms with Crippen molar-refractivity contribution in [1.29, 1.82) is 0 Å². The average Bonchev–Trinajstić information content (AvgIpc) is 3.19. The number of aliphatic carboxylic acids is 1. The third-order valence-electron chi connectivity index (χ3n) is 5.13. The normalized spacial score (nSPS) is 11.7. The summed E-state index contributed by atoms with van der Waals surface area (Å²) in [5.41, 5.74) is 1.65. The van der Waals surface area contributed by atoms with Gasteiger partial charge in [0.15, 0.2) is 0 Å². The molecule has 9 nitrogen and oxygen atoms in total. The summed E-state index contributed by atoms with van der Waals surface area (Å²) in [5.74, 6) is -2.54. The van der Waals surface area contributed by atoms with Crippen molar-refractivity contribution in [2.24, 2.45) is 0 Å². The van der Waals surface area contributed by atoms with E-state index in [-0.39, 0.29) is 11.1 Å². The van der Waals surface area contributed by atoms with Gasteiger partial charge in [-0.2, -0.15) is 0 Å². The number of hydrogen-bond donors (Lipinski definition) is 4. The van der Waals surface area contributed by atoms with Crippen LogP contribution in [0.5, 0.6) is 0 Å². The van der Waals surface area contributed by atoms with Crippen LogP contribution in [0.3, 0.4) is 0 Å². The van der Waals surface area contributed by atoms with Gasteiger partial charge in [-0.05, 0) is 42.5 Å². The Morgan fingerprint density at radius 2 is 1.82 bits per heavy atom. The third-order valence-corrected chi connectivity index (χ3v) is 5.44. The van der Waals surface area contributed by atoms with Crippen LogP contribution < -0.4 is 16.2 Å². The number of amides is 2. The van der Waals surface area contributed by atoms with E-state index >= 15 is 0 Å². The van der Waals surface area contributed by atoms with E-state index in [2.05, 4.69) is 15.6 Å². The first-order valence-corrected chi connectivity index (χ1v) is 10.6. The van der Waals surface area contributed by atoms with Gasteiger partial charge >= 0.3 is 5.97 Å². The monoisotopic (exact) mass is 478 g/mol. The van der Waals surface area contributed by atoms with Crippen LogP contribution in [0.1, 0.15) is 16.8 Å². The number of rotatable bonds is 7. The number of pyridine rings is 1. The minimum Gasteiger partial charge on any atom is -0.481 e. The van der Waals surface area contributed by atoms with Gasteiger partial charge in [0, 0.05) is 46.3 Å².